The first kappa shape index (κ1) is 10.5. The highest BCUT2D eigenvalue weighted by Crippen LogP contribution is 2.33. The van der Waals surface area contributed by atoms with Crippen LogP contribution in [0.15, 0.2) is 23.2 Å². The number of hydrogen-bond acceptors (Lipinski definition) is 5. The molecule has 6 heteroatoms. The number of aromatic nitrogens is 1. The summed E-state index contributed by atoms with van der Waals surface area (Å²) in [5.74, 6) is -0.252. The Morgan fingerprint density at radius 1 is 1.47 bits per heavy atom. The van der Waals surface area contributed by atoms with E-state index in [1.807, 2.05) is 25.1 Å². The molecule has 1 unspecified atom stereocenters. The fourth-order valence-electron chi connectivity index (χ4n) is 1.11. The molecule has 1 fully saturated rings. The van der Waals surface area contributed by atoms with Crippen molar-refractivity contribution in [3.63, 3.8) is 0 Å². The zero-order chi connectivity index (χ0) is 10.8. The Balaban J connectivity index is 2.09. The van der Waals surface area contributed by atoms with E-state index in [1.54, 1.807) is 0 Å². The summed E-state index contributed by atoms with van der Waals surface area (Å²) in [6.45, 7) is 1.89. The van der Waals surface area contributed by atoms with Gasteiger partial charge in [0.05, 0.1) is 5.03 Å². The number of carbonyl (C=O) groups is 2. The van der Waals surface area contributed by atoms with E-state index in [0.29, 0.717) is 0 Å². The second-order valence-corrected chi connectivity index (χ2v) is 5.46. The van der Waals surface area contributed by atoms with Crippen LogP contribution in [0.25, 0.3) is 0 Å². The normalized spacial score (nSPS) is 20.5. The van der Waals surface area contributed by atoms with Crippen LogP contribution in [0.4, 0.5) is 4.79 Å². The highest BCUT2D eigenvalue weighted by Gasteiger charge is 2.32. The largest absolute Gasteiger partial charge is 0.287 e. The van der Waals surface area contributed by atoms with Crippen LogP contribution in [0.3, 0.4) is 0 Å². The number of amides is 2. The maximum absolute atomic E-state index is 11.3. The Morgan fingerprint density at radius 2 is 2.27 bits per heavy atom. The topological polar surface area (TPSA) is 59.1 Å². The number of carbonyl (C=O) groups excluding carboxylic acids is 2. The molecule has 1 atom stereocenters. The standard InChI is InChI=1S/C9H8N2O2S2/c1-5-3-2-4-6(10-5)14-8-7(12)11-9(13)15-8/h2-4,8H,1H3,(H,11,12,13). The third-order valence-electron chi connectivity index (χ3n) is 1.74. The predicted octanol–water partition coefficient (Wildman–Crippen LogP) is 1.79. The van der Waals surface area contributed by atoms with Crippen molar-refractivity contribution in [1.29, 1.82) is 0 Å². The number of imide groups is 1. The average molecular weight is 240 g/mol. The third kappa shape index (κ3) is 2.51. The van der Waals surface area contributed by atoms with Gasteiger partial charge in [-0.2, -0.15) is 0 Å². The Kier molecular flexibility index (Phi) is 2.97. The van der Waals surface area contributed by atoms with Gasteiger partial charge < -0.3 is 0 Å². The molecule has 1 saturated heterocycles. The molecule has 0 aliphatic carbocycles. The van der Waals surface area contributed by atoms with Crippen LogP contribution in [-0.4, -0.2) is 20.7 Å². The van der Waals surface area contributed by atoms with E-state index >= 15 is 0 Å². The van der Waals surface area contributed by atoms with Gasteiger partial charge in [0.2, 0.25) is 0 Å². The second kappa shape index (κ2) is 4.24. The van der Waals surface area contributed by atoms with E-state index in [-0.39, 0.29) is 11.1 Å². The molecule has 2 rings (SSSR count). The molecular formula is C9H8N2O2S2. The van der Waals surface area contributed by atoms with Crippen molar-refractivity contribution >= 4 is 34.7 Å². The van der Waals surface area contributed by atoms with Crippen LogP contribution >= 0.6 is 23.5 Å². The quantitative estimate of drug-likeness (QED) is 0.854. The van der Waals surface area contributed by atoms with Crippen LogP contribution in [0.5, 0.6) is 0 Å². The summed E-state index contributed by atoms with van der Waals surface area (Å²) < 4.78 is -0.410. The molecule has 0 saturated carbocycles. The molecule has 78 valence electrons. The highest BCUT2D eigenvalue weighted by molar-refractivity contribution is 8.26. The lowest BCUT2D eigenvalue weighted by Crippen LogP contribution is -2.22. The zero-order valence-corrected chi connectivity index (χ0v) is 9.52. The summed E-state index contributed by atoms with van der Waals surface area (Å²) in [5.41, 5.74) is 0.898. The number of nitrogens with zero attached hydrogens (tertiary/aromatic N) is 1. The second-order valence-electron chi connectivity index (χ2n) is 2.96. The van der Waals surface area contributed by atoms with E-state index in [4.69, 9.17) is 0 Å². The maximum atomic E-state index is 11.3. The summed E-state index contributed by atoms with van der Waals surface area (Å²) in [6.07, 6.45) is 0. The smallest absolute Gasteiger partial charge is 0.285 e. The van der Waals surface area contributed by atoms with E-state index in [2.05, 4.69) is 10.3 Å². The summed E-state index contributed by atoms with van der Waals surface area (Å²) in [4.78, 5) is 26.4. The van der Waals surface area contributed by atoms with Gasteiger partial charge in [0.1, 0.15) is 4.58 Å². The van der Waals surface area contributed by atoms with Crippen molar-refractivity contribution in [2.75, 3.05) is 0 Å². The van der Waals surface area contributed by atoms with Crippen molar-refractivity contribution in [2.24, 2.45) is 0 Å². The minimum atomic E-state index is -0.410. The number of pyridine rings is 1. The maximum Gasteiger partial charge on any atom is 0.287 e. The van der Waals surface area contributed by atoms with E-state index in [9.17, 15) is 9.59 Å². The first-order valence-corrected chi connectivity index (χ1v) is 6.03. The molecule has 0 bridgehead atoms. The first-order chi connectivity index (χ1) is 7.15. The average Bonchev–Trinajstić information content (AvgIpc) is 2.45. The lowest BCUT2D eigenvalue weighted by Gasteiger charge is -2.04. The number of rotatable bonds is 2. The summed E-state index contributed by atoms with van der Waals surface area (Å²) >= 11 is 2.29. The number of hydrogen-bond donors (Lipinski definition) is 1. The molecule has 1 aliphatic heterocycles. The molecule has 15 heavy (non-hydrogen) atoms. The van der Waals surface area contributed by atoms with Gasteiger partial charge in [0.15, 0.2) is 0 Å². The van der Waals surface area contributed by atoms with E-state index in [1.165, 1.54) is 11.8 Å². The Bertz CT molecular complexity index is 422. The van der Waals surface area contributed by atoms with Crippen LogP contribution in [0, 0.1) is 6.92 Å². The molecule has 1 aromatic rings. The predicted molar refractivity (Wildman–Crippen MR) is 59.7 cm³/mol. The molecule has 4 nitrogen and oxygen atoms in total. The van der Waals surface area contributed by atoms with E-state index < -0.39 is 4.58 Å². The minimum absolute atomic E-state index is 0.252. The number of nitrogens with one attached hydrogen (secondary N) is 1. The monoisotopic (exact) mass is 240 g/mol. The minimum Gasteiger partial charge on any atom is -0.285 e. The molecule has 1 N–H and O–H groups in total. The SMILES string of the molecule is Cc1cccc(SC2SC(=O)NC2=O)n1. The number of aryl methyl sites for hydroxylation is 1. The van der Waals surface area contributed by atoms with Gasteiger partial charge in [-0.3, -0.25) is 14.9 Å². The summed E-state index contributed by atoms with van der Waals surface area (Å²) in [7, 11) is 0. The van der Waals surface area contributed by atoms with Gasteiger partial charge >= 0.3 is 0 Å². The molecule has 0 radical (unpaired) electrons. The van der Waals surface area contributed by atoms with Crippen molar-refractivity contribution in [1.82, 2.24) is 10.3 Å². The highest BCUT2D eigenvalue weighted by atomic mass is 32.2. The van der Waals surface area contributed by atoms with E-state index in [0.717, 1.165) is 22.5 Å². The molecular weight excluding hydrogens is 232 g/mol. The van der Waals surface area contributed by atoms with Crippen LogP contribution in [-0.2, 0) is 4.79 Å². The summed E-state index contributed by atoms with van der Waals surface area (Å²) in [6, 6.07) is 5.59. The van der Waals surface area contributed by atoms with Crippen LogP contribution in [0.2, 0.25) is 0 Å². The van der Waals surface area contributed by atoms with Crippen molar-refractivity contribution in [3.05, 3.63) is 23.9 Å². The lowest BCUT2D eigenvalue weighted by atomic mass is 10.4. The molecule has 1 aromatic heterocycles. The fourth-order valence-corrected chi connectivity index (χ4v) is 3.12. The Hall–Kier alpha value is -1.01. The van der Waals surface area contributed by atoms with Gasteiger partial charge in [-0.05, 0) is 30.8 Å². The van der Waals surface area contributed by atoms with Gasteiger partial charge in [-0.15, -0.1) is 0 Å². The van der Waals surface area contributed by atoms with Gasteiger partial charge in [-0.1, -0.05) is 17.8 Å². The molecule has 0 spiro atoms. The molecule has 0 aromatic carbocycles. The Labute approximate surface area is 95.2 Å². The van der Waals surface area contributed by atoms with Crippen LogP contribution < -0.4 is 5.32 Å². The van der Waals surface area contributed by atoms with Crippen molar-refractivity contribution in [2.45, 2.75) is 16.5 Å². The number of thioether (sulfide) groups is 2. The van der Waals surface area contributed by atoms with Gasteiger partial charge in [-0.25, -0.2) is 4.98 Å². The first-order valence-electron chi connectivity index (χ1n) is 4.27. The molecule has 1 aliphatic rings. The lowest BCUT2D eigenvalue weighted by molar-refractivity contribution is -0.117. The molecule has 2 heterocycles. The third-order valence-corrected chi connectivity index (χ3v) is 3.96. The van der Waals surface area contributed by atoms with Crippen LogP contribution in [0.1, 0.15) is 5.69 Å². The van der Waals surface area contributed by atoms with Gasteiger partial charge in [0.25, 0.3) is 11.1 Å². The van der Waals surface area contributed by atoms with Crippen molar-refractivity contribution in [3.8, 4) is 0 Å². The zero-order valence-electron chi connectivity index (χ0n) is 7.89. The molecule has 2 amide bonds. The van der Waals surface area contributed by atoms with Gasteiger partial charge in [0, 0.05) is 5.69 Å². The Morgan fingerprint density at radius 3 is 2.87 bits per heavy atom. The summed E-state index contributed by atoms with van der Waals surface area (Å²) in [5, 5.41) is 2.71. The van der Waals surface area contributed by atoms with Crippen molar-refractivity contribution < 1.29 is 9.59 Å². The fraction of sp³-hybridized carbons (Fsp3) is 0.222.